The summed E-state index contributed by atoms with van der Waals surface area (Å²) in [7, 11) is 0. The van der Waals surface area contributed by atoms with Gasteiger partial charge in [-0.3, -0.25) is 0 Å². The minimum Gasteiger partial charge on any atom is -0.333 e. The van der Waals surface area contributed by atoms with Gasteiger partial charge in [0.05, 0.1) is 5.00 Å². The molecule has 1 atom stereocenters. The maximum Gasteiger partial charge on any atom is 0.0953 e. The SMILES string of the molecule is c1csc(N2CCC3CNCc4cccc2c43)c1. The predicted molar refractivity (Wildman–Crippen MR) is 76.8 cm³/mol. The molecule has 0 saturated heterocycles. The van der Waals surface area contributed by atoms with Crippen LogP contribution >= 0.6 is 11.3 Å². The van der Waals surface area contributed by atoms with Crippen molar-refractivity contribution in [2.45, 2.75) is 18.9 Å². The van der Waals surface area contributed by atoms with E-state index < -0.39 is 0 Å². The van der Waals surface area contributed by atoms with Crippen molar-refractivity contribution in [3.8, 4) is 0 Å². The van der Waals surface area contributed by atoms with Crippen LogP contribution in [-0.4, -0.2) is 13.1 Å². The van der Waals surface area contributed by atoms with E-state index in [-0.39, 0.29) is 0 Å². The standard InChI is InChI=1S/C15H16N2S/c1-3-11-9-16-10-12-6-7-17(13(4-1)15(11)12)14-5-2-8-18-14/h1-5,8,12,16H,6-7,9-10H2. The van der Waals surface area contributed by atoms with Gasteiger partial charge in [-0.2, -0.15) is 0 Å². The lowest BCUT2D eigenvalue weighted by molar-refractivity contribution is 0.503. The summed E-state index contributed by atoms with van der Waals surface area (Å²) in [6.45, 7) is 3.31. The van der Waals surface area contributed by atoms with Gasteiger partial charge in [-0.05, 0) is 41.1 Å². The second kappa shape index (κ2) is 4.11. The molecule has 0 radical (unpaired) electrons. The molecule has 92 valence electrons. The molecule has 1 N–H and O–H groups in total. The van der Waals surface area contributed by atoms with E-state index in [2.05, 4.69) is 45.9 Å². The van der Waals surface area contributed by atoms with Crippen LogP contribution in [0.15, 0.2) is 35.7 Å². The highest BCUT2D eigenvalue weighted by Crippen LogP contribution is 2.43. The average molecular weight is 256 g/mol. The molecule has 0 bridgehead atoms. The van der Waals surface area contributed by atoms with E-state index >= 15 is 0 Å². The molecule has 3 heteroatoms. The van der Waals surface area contributed by atoms with Crippen molar-refractivity contribution in [2.75, 3.05) is 18.0 Å². The molecule has 1 unspecified atom stereocenters. The lowest BCUT2D eigenvalue weighted by atomic mass is 9.84. The Morgan fingerprint density at radius 1 is 1.22 bits per heavy atom. The topological polar surface area (TPSA) is 15.3 Å². The number of hydrogen-bond donors (Lipinski definition) is 1. The summed E-state index contributed by atoms with van der Waals surface area (Å²) in [6.07, 6.45) is 1.26. The number of hydrogen-bond acceptors (Lipinski definition) is 3. The molecule has 18 heavy (non-hydrogen) atoms. The van der Waals surface area contributed by atoms with Crippen LogP contribution in [-0.2, 0) is 6.54 Å². The molecule has 0 spiro atoms. The zero-order valence-corrected chi connectivity index (χ0v) is 11.0. The number of benzene rings is 1. The second-order valence-corrected chi connectivity index (χ2v) is 6.00. The van der Waals surface area contributed by atoms with Gasteiger partial charge in [0.25, 0.3) is 0 Å². The average Bonchev–Trinajstić information content (AvgIpc) is 2.94. The third-order valence-corrected chi connectivity index (χ3v) is 4.94. The molecule has 0 saturated carbocycles. The molecule has 0 amide bonds. The number of nitrogens with one attached hydrogen (secondary N) is 1. The first-order valence-corrected chi connectivity index (χ1v) is 7.45. The van der Waals surface area contributed by atoms with E-state index in [1.54, 1.807) is 5.56 Å². The van der Waals surface area contributed by atoms with Crippen LogP contribution in [0.5, 0.6) is 0 Å². The summed E-state index contributed by atoms with van der Waals surface area (Å²) >= 11 is 1.84. The molecule has 2 aliphatic heterocycles. The van der Waals surface area contributed by atoms with Crippen molar-refractivity contribution >= 4 is 22.0 Å². The maximum atomic E-state index is 3.54. The molecule has 0 aliphatic carbocycles. The summed E-state index contributed by atoms with van der Waals surface area (Å²) in [4.78, 5) is 2.49. The summed E-state index contributed by atoms with van der Waals surface area (Å²) < 4.78 is 0. The van der Waals surface area contributed by atoms with Crippen LogP contribution in [0.3, 0.4) is 0 Å². The number of thiophene rings is 1. The number of anilines is 2. The molecule has 2 aliphatic rings. The Bertz CT molecular complexity index is 562. The Balaban J connectivity index is 1.87. The molecule has 1 aromatic carbocycles. The van der Waals surface area contributed by atoms with Crippen molar-refractivity contribution in [1.29, 1.82) is 0 Å². The smallest absolute Gasteiger partial charge is 0.0953 e. The van der Waals surface area contributed by atoms with Gasteiger partial charge in [0.1, 0.15) is 0 Å². The first-order chi connectivity index (χ1) is 8.93. The quantitative estimate of drug-likeness (QED) is 0.840. The molecule has 4 rings (SSSR count). The second-order valence-electron chi connectivity index (χ2n) is 5.07. The van der Waals surface area contributed by atoms with Gasteiger partial charge in [0, 0.05) is 31.2 Å². The van der Waals surface area contributed by atoms with Crippen LogP contribution in [0.2, 0.25) is 0 Å². The Morgan fingerprint density at radius 3 is 3.11 bits per heavy atom. The van der Waals surface area contributed by atoms with Gasteiger partial charge < -0.3 is 10.2 Å². The van der Waals surface area contributed by atoms with Gasteiger partial charge >= 0.3 is 0 Å². The van der Waals surface area contributed by atoms with Gasteiger partial charge in [-0.1, -0.05) is 12.1 Å². The molecule has 2 aromatic rings. The minimum atomic E-state index is 0.709. The molecule has 1 aromatic heterocycles. The van der Waals surface area contributed by atoms with E-state index in [9.17, 15) is 0 Å². The van der Waals surface area contributed by atoms with E-state index in [0.29, 0.717) is 5.92 Å². The largest absolute Gasteiger partial charge is 0.333 e. The Morgan fingerprint density at radius 2 is 2.22 bits per heavy atom. The maximum absolute atomic E-state index is 3.54. The third-order valence-electron chi connectivity index (χ3n) is 4.05. The number of nitrogens with zero attached hydrogens (tertiary/aromatic N) is 1. The van der Waals surface area contributed by atoms with Crippen LogP contribution < -0.4 is 10.2 Å². The lowest BCUT2D eigenvalue weighted by Gasteiger charge is -2.38. The molecular formula is C15H16N2S. The summed E-state index contributed by atoms with van der Waals surface area (Å²) in [5.41, 5.74) is 4.52. The first-order valence-electron chi connectivity index (χ1n) is 6.57. The van der Waals surface area contributed by atoms with Crippen LogP contribution in [0.4, 0.5) is 10.7 Å². The van der Waals surface area contributed by atoms with Crippen LogP contribution in [0.1, 0.15) is 23.5 Å². The van der Waals surface area contributed by atoms with Crippen molar-refractivity contribution in [1.82, 2.24) is 5.32 Å². The molecule has 0 fully saturated rings. The lowest BCUT2D eigenvalue weighted by Crippen LogP contribution is -2.36. The van der Waals surface area contributed by atoms with Crippen LogP contribution in [0, 0.1) is 0 Å². The van der Waals surface area contributed by atoms with E-state index in [4.69, 9.17) is 0 Å². The fourth-order valence-electron chi connectivity index (χ4n) is 3.25. The van der Waals surface area contributed by atoms with E-state index in [0.717, 1.165) is 19.6 Å². The Kier molecular flexibility index (Phi) is 2.42. The zero-order valence-electron chi connectivity index (χ0n) is 10.2. The Hall–Kier alpha value is -1.32. The highest BCUT2D eigenvalue weighted by molar-refractivity contribution is 7.14. The molecular weight excluding hydrogens is 240 g/mol. The highest BCUT2D eigenvalue weighted by atomic mass is 32.1. The monoisotopic (exact) mass is 256 g/mol. The first kappa shape index (κ1) is 10.6. The normalized spacial score (nSPS) is 21.8. The van der Waals surface area contributed by atoms with Crippen LogP contribution in [0.25, 0.3) is 0 Å². The van der Waals surface area contributed by atoms with Crippen molar-refractivity contribution in [3.63, 3.8) is 0 Å². The van der Waals surface area contributed by atoms with Gasteiger partial charge in [-0.25, -0.2) is 0 Å². The highest BCUT2D eigenvalue weighted by Gasteiger charge is 2.30. The predicted octanol–water partition coefficient (Wildman–Crippen LogP) is 3.48. The molecule has 2 nitrogen and oxygen atoms in total. The van der Waals surface area contributed by atoms with Gasteiger partial charge in [0.15, 0.2) is 0 Å². The van der Waals surface area contributed by atoms with Crippen molar-refractivity contribution in [2.24, 2.45) is 0 Å². The fourth-order valence-corrected chi connectivity index (χ4v) is 4.02. The van der Waals surface area contributed by atoms with E-state index in [1.807, 2.05) is 11.3 Å². The fraction of sp³-hybridized carbons (Fsp3) is 0.333. The zero-order chi connectivity index (χ0) is 11.9. The summed E-state index contributed by atoms with van der Waals surface area (Å²) in [5, 5.41) is 7.08. The molecule has 3 heterocycles. The van der Waals surface area contributed by atoms with Gasteiger partial charge in [-0.15, -0.1) is 11.3 Å². The Labute approximate surface area is 111 Å². The van der Waals surface area contributed by atoms with Crippen molar-refractivity contribution < 1.29 is 0 Å². The third kappa shape index (κ3) is 1.51. The minimum absolute atomic E-state index is 0.709. The van der Waals surface area contributed by atoms with Crippen molar-refractivity contribution in [3.05, 3.63) is 46.8 Å². The summed E-state index contributed by atoms with van der Waals surface area (Å²) in [5.74, 6) is 0.709. The van der Waals surface area contributed by atoms with Gasteiger partial charge in [0.2, 0.25) is 0 Å². The van der Waals surface area contributed by atoms with E-state index in [1.165, 1.54) is 22.7 Å². The summed E-state index contributed by atoms with van der Waals surface area (Å²) in [6, 6.07) is 11.1. The number of rotatable bonds is 1.